The second kappa shape index (κ2) is 11.1. The van der Waals surface area contributed by atoms with Gasteiger partial charge in [-0.3, -0.25) is 4.90 Å². The molecule has 0 radical (unpaired) electrons. The molecule has 0 spiro atoms. The van der Waals surface area contributed by atoms with Crippen LogP contribution in [0.25, 0.3) is 5.57 Å². The first-order chi connectivity index (χ1) is 14.6. The van der Waals surface area contributed by atoms with Crippen molar-refractivity contribution in [2.75, 3.05) is 25.4 Å². The zero-order chi connectivity index (χ0) is 21.3. The van der Waals surface area contributed by atoms with Crippen LogP contribution in [0.15, 0.2) is 30.3 Å². The number of nitrogens with two attached hydrogens (primary N) is 1. The fraction of sp³-hybridized carbons (Fsp3) is 0.520. The molecule has 1 aromatic carbocycles. The molecule has 0 fully saturated rings. The van der Waals surface area contributed by atoms with Crippen LogP contribution in [0.2, 0.25) is 0 Å². The Bertz CT molecular complexity index is 839. The number of ether oxygens (including phenoxy) is 1. The number of allylic oxidation sites excluding steroid dienone is 2. The van der Waals surface area contributed by atoms with Crippen molar-refractivity contribution in [2.24, 2.45) is 0 Å². The van der Waals surface area contributed by atoms with Gasteiger partial charge in [-0.05, 0) is 61.9 Å². The van der Waals surface area contributed by atoms with E-state index in [1.54, 1.807) is 0 Å². The second-order valence-corrected chi connectivity index (χ2v) is 8.12. The highest BCUT2D eigenvalue weighted by atomic mass is 16.5. The SMILES string of the molecule is CCCCOc1nc(N)c2c(n1)C(Cc1ccc(CN(CCC)CCC)cc1)=CC2. The summed E-state index contributed by atoms with van der Waals surface area (Å²) in [6.07, 6.45) is 8.34. The average molecular weight is 409 g/mol. The van der Waals surface area contributed by atoms with E-state index in [0.717, 1.165) is 56.6 Å². The van der Waals surface area contributed by atoms with Crippen molar-refractivity contribution in [3.8, 4) is 6.01 Å². The number of hydrogen-bond acceptors (Lipinski definition) is 5. The molecule has 1 aliphatic rings. The van der Waals surface area contributed by atoms with Gasteiger partial charge in [0.2, 0.25) is 0 Å². The largest absolute Gasteiger partial charge is 0.463 e. The minimum atomic E-state index is 0.398. The highest BCUT2D eigenvalue weighted by molar-refractivity contribution is 5.75. The molecule has 30 heavy (non-hydrogen) atoms. The van der Waals surface area contributed by atoms with Gasteiger partial charge in [0.25, 0.3) is 0 Å². The molecule has 162 valence electrons. The van der Waals surface area contributed by atoms with Crippen LogP contribution in [0.1, 0.15) is 68.8 Å². The lowest BCUT2D eigenvalue weighted by Gasteiger charge is -2.21. The molecule has 0 unspecified atom stereocenters. The van der Waals surface area contributed by atoms with E-state index in [0.29, 0.717) is 18.4 Å². The highest BCUT2D eigenvalue weighted by Gasteiger charge is 2.21. The molecule has 0 aliphatic heterocycles. The third-order valence-electron chi connectivity index (χ3n) is 5.51. The Morgan fingerprint density at radius 1 is 0.967 bits per heavy atom. The smallest absolute Gasteiger partial charge is 0.318 e. The maximum atomic E-state index is 6.18. The van der Waals surface area contributed by atoms with Gasteiger partial charge in [-0.25, -0.2) is 0 Å². The molecule has 1 aliphatic carbocycles. The number of hydrogen-bond donors (Lipinski definition) is 1. The Hall–Kier alpha value is -2.40. The highest BCUT2D eigenvalue weighted by Crippen LogP contribution is 2.32. The van der Waals surface area contributed by atoms with Gasteiger partial charge in [0.1, 0.15) is 5.82 Å². The van der Waals surface area contributed by atoms with E-state index in [4.69, 9.17) is 10.5 Å². The van der Waals surface area contributed by atoms with Crippen LogP contribution in [0, 0.1) is 0 Å². The monoisotopic (exact) mass is 408 g/mol. The molecule has 1 aromatic heterocycles. The van der Waals surface area contributed by atoms with Crippen LogP contribution in [-0.4, -0.2) is 34.6 Å². The normalized spacial score (nSPS) is 12.9. The summed E-state index contributed by atoms with van der Waals surface area (Å²) in [5.41, 5.74) is 12.0. The van der Waals surface area contributed by atoms with E-state index in [2.05, 4.69) is 66.0 Å². The molecule has 0 atom stereocenters. The van der Waals surface area contributed by atoms with Crippen molar-refractivity contribution >= 4 is 11.4 Å². The van der Waals surface area contributed by atoms with Crippen LogP contribution >= 0.6 is 0 Å². The first-order valence-electron chi connectivity index (χ1n) is 11.4. The lowest BCUT2D eigenvalue weighted by Crippen LogP contribution is -2.24. The Labute approximate surface area is 181 Å². The number of rotatable bonds is 12. The zero-order valence-electron chi connectivity index (χ0n) is 18.8. The molecule has 0 bridgehead atoms. The molecule has 0 amide bonds. The fourth-order valence-electron chi connectivity index (χ4n) is 3.94. The van der Waals surface area contributed by atoms with Crippen LogP contribution in [0.3, 0.4) is 0 Å². The number of anilines is 1. The van der Waals surface area contributed by atoms with Crippen LogP contribution in [-0.2, 0) is 19.4 Å². The van der Waals surface area contributed by atoms with Crippen molar-refractivity contribution in [3.63, 3.8) is 0 Å². The van der Waals surface area contributed by atoms with E-state index in [-0.39, 0.29) is 0 Å². The van der Waals surface area contributed by atoms with E-state index >= 15 is 0 Å². The summed E-state index contributed by atoms with van der Waals surface area (Å²) < 4.78 is 5.71. The summed E-state index contributed by atoms with van der Waals surface area (Å²) in [6.45, 7) is 10.6. The van der Waals surface area contributed by atoms with E-state index in [1.807, 2.05) is 0 Å². The van der Waals surface area contributed by atoms with E-state index in [1.165, 1.54) is 29.5 Å². The number of unbranched alkanes of at least 4 members (excludes halogenated alkanes) is 1. The summed E-state index contributed by atoms with van der Waals surface area (Å²) >= 11 is 0. The van der Waals surface area contributed by atoms with Gasteiger partial charge in [-0.15, -0.1) is 0 Å². The van der Waals surface area contributed by atoms with Gasteiger partial charge in [0.15, 0.2) is 0 Å². The Kier molecular flexibility index (Phi) is 8.26. The summed E-state index contributed by atoms with van der Waals surface area (Å²) in [5, 5.41) is 0. The quantitative estimate of drug-likeness (QED) is 0.498. The second-order valence-electron chi connectivity index (χ2n) is 8.12. The lowest BCUT2D eigenvalue weighted by molar-refractivity contribution is 0.266. The Balaban J connectivity index is 1.67. The lowest BCUT2D eigenvalue weighted by atomic mass is 10.0. The number of nitrogen functional groups attached to an aromatic ring is 1. The van der Waals surface area contributed by atoms with E-state index < -0.39 is 0 Å². The molecular weight excluding hydrogens is 372 g/mol. The Morgan fingerprint density at radius 3 is 2.33 bits per heavy atom. The average Bonchev–Trinajstić information content (AvgIpc) is 3.13. The maximum Gasteiger partial charge on any atom is 0.318 e. The minimum absolute atomic E-state index is 0.398. The number of nitrogens with zero attached hydrogens (tertiary/aromatic N) is 3. The molecule has 0 saturated heterocycles. The van der Waals surface area contributed by atoms with Gasteiger partial charge < -0.3 is 10.5 Å². The van der Waals surface area contributed by atoms with Crippen LogP contribution < -0.4 is 10.5 Å². The first kappa shape index (κ1) is 22.3. The minimum Gasteiger partial charge on any atom is -0.463 e. The van der Waals surface area contributed by atoms with Crippen molar-refractivity contribution in [1.82, 2.24) is 14.9 Å². The zero-order valence-corrected chi connectivity index (χ0v) is 18.8. The summed E-state index contributed by atoms with van der Waals surface area (Å²) in [4.78, 5) is 11.5. The summed E-state index contributed by atoms with van der Waals surface area (Å²) in [7, 11) is 0. The molecule has 2 N–H and O–H groups in total. The molecule has 0 saturated carbocycles. The molecule has 3 rings (SSSR count). The number of benzene rings is 1. The van der Waals surface area contributed by atoms with Gasteiger partial charge in [-0.2, -0.15) is 9.97 Å². The van der Waals surface area contributed by atoms with Crippen LogP contribution in [0.4, 0.5) is 5.82 Å². The summed E-state index contributed by atoms with van der Waals surface area (Å²) in [6, 6.07) is 9.41. The number of aromatic nitrogens is 2. The number of fused-ring (bicyclic) bond motifs is 1. The maximum absolute atomic E-state index is 6.18. The molecule has 2 aromatic rings. The Morgan fingerprint density at radius 2 is 1.67 bits per heavy atom. The van der Waals surface area contributed by atoms with Gasteiger partial charge >= 0.3 is 6.01 Å². The van der Waals surface area contributed by atoms with E-state index in [9.17, 15) is 0 Å². The van der Waals surface area contributed by atoms with Crippen molar-refractivity contribution < 1.29 is 4.74 Å². The molecule has 5 nitrogen and oxygen atoms in total. The van der Waals surface area contributed by atoms with Gasteiger partial charge in [0, 0.05) is 12.1 Å². The third kappa shape index (κ3) is 5.82. The van der Waals surface area contributed by atoms with Crippen molar-refractivity contribution in [3.05, 3.63) is 52.7 Å². The van der Waals surface area contributed by atoms with Gasteiger partial charge in [-0.1, -0.05) is 57.5 Å². The molecular formula is C25H36N4O. The fourth-order valence-corrected chi connectivity index (χ4v) is 3.94. The van der Waals surface area contributed by atoms with Crippen molar-refractivity contribution in [2.45, 2.75) is 65.8 Å². The topological polar surface area (TPSA) is 64.3 Å². The molecule has 5 heteroatoms. The molecule has 1 heterocycles. The standard InChI is InChI=1S/C25H36N4O/c1-4-7-16-30-25-27-23-21(12-13-22(23)24(26)28-25)17-19-8-10-20(11-9-19)18-29(14-5-2)15-6-3/h8-12H,4-7,13-18H2,1-3H3,(H2,26,27,28). The third-order valence-corrected chi connectivity index (χ3v) is 5.51. The van der Waals surface area contributed by atoms with Crippen LogP contribution in [0.5, 0.6) is 6.01 Å². The predicted molar refractivity (Wildman–Crippen MR) is 125 cm³/mol. The van der Waals surface area contributed by atoms with Crippen molar-refractivity contribution in [1.29, 1.82) is 0 Å². The predicted octanol–water partition coefficient (Wildman–Crippen LogP) is 5.04. The summed E-state index contributed by atoms with van der Waals surface area (Å²) in [5.74, 6) is 0.542. The van der Waals surface area contributed by atoms with Gasteiger partial charge in [0.05, 0.1) is 12.3 Å². The first-order valence-corrected chi connectivity index (χ1v) is 11.4.